The Morgan fingerprint density at radius 3 is 2.84 bits per heavy atom. The van der Waals surface area contributed by atoms with E-state index in [1.807, 2.05) is 6.07 Å². The van der Waals surface area contributed by atoms with E-state index in [4.69, 9.17) is 10.2 Å². The molecular weight excluding hydrogens is 314 g/mol. The van der Waals surface area contributed by atoms with Crippen molar-refractivity contribution in [3.8, 4) is 0 Å². The zero-order chi connectivity index (χ0) is 17.4. The van der Waals surface area contributed by atoms with Crippen molar-refractivity contribution in [2.24, 2.45) is 5.73 Å². The Labute approximate surface area is 146 Å². The van der Waals surface area contributed by atoms with Gasteiger partial charge in [0.1, 0.15) is 5.76 Å². The minimum absolute atomic E-state index is 0.158. The monoisotopic (exact) mass is 335 g/mol. The first-order valence-corrected chi connectivity index (χ1v) is 8.46. The standard InChI is InChI=1S/C20H21N3O2/c1-14-4-2-5-15(12-14)19-17-6-3-9-22(17)10-11-23(19)13-16-7-8-18(25-16)20(21)24/h2-9,12,19H,10-11,13H2,1H3,(H2,21,24)/t19-/m0/s1. The molecule has 0 aliphatic carbocycles. The highest BCUT2D eigenvalue weighted by Gasteiger charge is 2.29. The fourth-order valence-corrected chi connectivity index (χ4v) is 3.62. The Balaban J connectivity index is 1.69. The van der Waals surface area contributed by atoms with Crippen molar-refractivity contribution in [3.05, 3.63) is 83.1 Å². The number of aromatic nitrogens is 1. The molecule has 0 bridgehead atoms. The maximum atomic E-state index is 11.3. The lowest BCUT2D eigenvalue weighted by Gasteiger charge is -2.37. The number of nitrogens with two attached hydrogens (primary N) is 1. The zero-order valence-corrected chi connectivity index (χ0v) is 14.2. The van der Waals surface area contributed by atoms with Crippen LogP contribution in [0.1, 0.15) is 39.2 Å². The number of fused-ring (bicyclic) bond motifs is 1. The topological polar surface area (TPSA) is 64.4 Å². The summed E-state index contributed by atoms with van der Waals surface area (Å²) in [5, 5.41) is 0. The molecule has 0 saturated heterocycles. The molecule has 128 valence electrons. The summed E-state index contributed by atoms with van der Waals surface area (Å²) in [6.45, 7) is 4.60. The molecule has 3 heterocycles. The van der Waals surface area contributed by atoms with Crippen molar-refractivity contribution >= 4 is 5.91 Å². The molecule has 1 aliphatic rings. The number of amides is 1. The molecule has 0 unspecified atom stereocenters. The maximum Gasteiger partial charge on any atom is 0.284 e. The van der Waals surface area contributed by atoms with Gasteiger partial charge in [0.25, 0.3) is 5.91 Å². The molecule has 0 radical (unpaired) electrons. The average Bonchev–Trinajstić information content (AvgIpc) is 3.23. The third kappa shape index (κ3) is 2.98. The minimum Gasteiger partial charge on any atom is -0.455 e. The highest BCUT2D eigenvalue weighted by atomic mass is 16.4. The van der Waals surface area contributed by atoms with Gasteiger partial charge in [-0.15, -0.1) is 0 Å². The minimum atomic E-state index is -0.533. The van der Waals surface area contributed by atoms with E-state index in [1.54, 1.807) is 6.07 Å². The zero-order valence-electron chi connectivity index (χ0n) is 14.2. The van der Waals surface area contributed by atoms with Crippen LogP contribution in [0.4, 0.5) is 0 Å². The number of rotatable bonds is 4. The normalized spacial score (nSPS) is 17.4. The SMILES string of the molecule is Cc1cccc([C@H]2c3cccn3CCN2Cc2ccc(C(N)=O)o2)c1. The van der Waals surface area contributed by atoms with Crippen molar-refractivity contribution in [2.45, 2.75) is 26.1 Å². The van der Waals surface area contributed by atoms with Crippen LogP contribution in [0.25, 0.3) is 0 Å². The number of furan rings is 1. The van der Waals surface area contributed by atoms with Gasteiger partial charge in [-0.3, -0.25) is 9.69 Å². The largest absolute Gasteiger partial charge is 0.455 e. The van der Waals surface area contributed by atoms with E-state index >= 15 is 0 Å². The summed E-state index contributed by atoms with van der Waals surface area (Å²) in [5.41, 5.74) is 9.08. The predicted molar refractivity (Wildman–Crippen MR) is 95.1 cm³/mol. The van der Waals surface area contributed by atoms with Gasteiger partial charge in [0.15, 0.2) is 5.76 Å². The molecule has 0 saturated carbocycles. The van der Waals surface area contributed by atoms with Gasteiger partial charge in [-0.2, -0.15) is 0 Å². The summed E-state index contributed by atoms with van der Waals surface area (Å²) in [6.07, 6.45) is 2.13. The molecule has 0 spiro atoms. The van der Waals surface area contributed by atoms with Crippen LogP contribution in [0, 0.1) is 6.92 Å². The molecule has 2 N–H and O–H groups in total. The van der Waals surface area contributed by atoms with E-state index in [0.717, 1.165) is 18.8 Å². The second kappa shape index (κ2) is 6.26. The van der Waals surface area contributed by atoms with Gasteiger partial charge in [-0.05, 0) is 36.8 Å². The van der Waals surface area contributed by atoms with Gasteiger partial charge in [0, 0.05) is 25.0 Å². The quantitative estimate of drug-likeness (QED) is 0.797. The Bertz CT molecular complexity index is 909. The molecule has 1 amide bonds. The maximum absolute atomic E-state index is 11.3. The summed E-state index contributed by atoms with van der Waals surface area (Å²) in [5.74, 6) is 0.433. The van der Waals surface area contributed by atoms with Crippen LogP contribution in [-0.2, 0) is 13.1 Å². The van der Waals surface area contributed by atoms with Gasteiger partial charge in [0.2, 0.25) is 0 Å². The van der Waals surface area contributed by atoms with Crippen LogP contribution in [0.2, 0.25) is 0 Å². The van der Waals surface area contributed by atoms with Crippen molar-refractivity contribution < 1.29 is 9.21 Å². The van der Waals surface area contributed by atoms with E-state index in [9.17, 15) is 4.79 Å². The Kier molecular flexibility index (Phi) is 3.93. The number of primary amides is 1. The van der Waals surface area contributed by atoms with E-state index in [1.165, 1.54) is 16.8 Å². The van der Waals surface area contributed by atoms with Crippen LogP contribution >= 0.6 is 0 Å². The first-order valence-electron chi connectivity index (χ1n) is 8.46. The van der Waals surface area contributed by atoms with Crippen LogP contribution in [0.15, 0.2) is 59.1 Å². The summed E-state index contributed by atoms with van der Waals surface area (Å²) in [7, 11) is 0. The molecule has 5 heteroatoms. The average molecular weight is 335 g/mol. The molecule has 1 atom stereocenters. The van der Waals surface area contributed by atoms with Crippen LogP contribution < -0.4 is 5.73 Å². The molecule has 25 heavy (non-hydrogen) atoms. The Morgan fingerprint density at radius 1 is 1.20 bits per heavy atom. The van der Waals surface area contributed by atoms with E-state index in [0.29, 0.717) is 6.54 Å². The summed E-state index contributed by atoms with van der Waals surface area (Å²) in [4.78, 5) is 13.7. The molecular formula is C20H21N3O2. The van der Waals surface area contributed by atoms with Crippen molar-refractivity contribution in [3.63, 3.8) is 0 Å². The molecule has 5 nitrogen and oxygen atoms in total. The molecule has 1 aliphatic heterocycles. The van der Waals surface area contributed by atoms with Crippen molar-refractivity contribution in [1.82, 2.24) is 9.47 Å². The van der Waals surface area contributed by atoms with Gasteiger partial charge >= 0.3 is 0 Å². The first kappa shape index (κ1) is 15.7. The van der Waals surface area contributed by atoms with E-state index in [-0.39, 0.29) is 11.8 Å². The molecule has 2 aromatic heterocycles. The molecule has 0 fully saturated rings. The lowest BCUT2D eigenvalue weighted by atomic mass is 9.98. The van der Waals surface area contributed by atoms with Crippen LogP contribution in [0.3, 0.4) is 0 Å². The number of benzene rings is 1. The van der Waals surface area contributed by atoms with Gasteiger partial charge in [0.05, 0.1) is 12.6 Å². The predicted octanol–water partition coefficient (Wildman–Crippen LogP) is 3.09. The number of carbonyl (C=O) groups is 1. The number of nitrogens with zero attached hydrogens (tertiary/aromatic N) is 2. The van der Waals surface area contributed by atoms with Gasteiger partial charge in [-0.25, -0.2) is 0 Å². The number of aryl methyl sites for hydroxylation is 1. The fourth-order valence-electron chi connectivity index (χ4n) is 3.62. The lowest BCUT2D eigenvalue weighted by molar-refractivity contribution is 0.0967. The summed E-state index contributed by atoms with van der Waals surface area (Å²) >= 11 is 0. The van der Waals surface area contributed by atoms with Crippen LogP contribution in [0.5, 0.6) is 0 Å². The number of carbonyl (C=O) groups excluding carboxylic acids is 1. The summed E-state index contributed by atoms with van der Waals surface area (Å²) in [6, 6.07) is 16.5. The Hall–Kier alpha value is -2.79. The van der Waals surface area contributed by atoms with Crippen molar-refractivity contribution in [2.75, 3.05) is 6.54 Å². The summed E-state index contributed by atoms with van der Waals surface area (Å²) < 4.78 is 7.91. The van der Waals surface area contributed by atoms with Gasteiger partial charge < -0.3 is 14.7 Å². The van der Waals surface area contributed by atoms with E-state index in [2.05, 4.69) is 59.0 Å². The molecule has 1 aromatic carbocycles. The highest BCUT2D eigenvalue weighted by Crippen LogP contribution is 2.34. The van der Waals surface area contributed by atoms with Crippen molar-refractivity contribution in [1.29, 1.82) is 0 Å². The molecule has 4 rings (SSSR count). The highest BCUT2D eigenvalue weighted by molar-refractivity contribution is 5.89. The van der Waals surface area contributed by atoms with E-state index < -0.39 is 5.91 Å². The number of hydrogen-bond acceptors (Lipinski definition) is 3. The number of hydrogen-bond donors (Lipinski definition) is 1. The second-order valence-corrected chi connectivity index (χ2v) is 6.54. The second-order valence-electron chi connectivity index (χ2n) is 6.54. The fraction of sp³-hybridized carbons (Fsp3) is 0.250. The third-order valence-corrected chi connectivity index (χ3v) is 4.76. The lowest BCUT2D eigenvalue weighted by Crippen LogP contribution is -2.37. The smallest absolute Gasteiger partial charge is 0.284 e. The van der Waals surface area contributed by atoms with Crippen LogP contribution in [-0.4, -0.2) is 21.9 Å². The Morgan fingerprint density at radius 2 is 2.08 bits per heavy atom. The third-order valence-electron chi connectivity index (χ3n) is 4.76. The van der Waals surface area contributed by atoms with Gasteiger partial charge in [-0.1, -0.05) is 29.8 Å². The molecule has 3 aromatic rings. The first-order chi connectivity index (χ1) is 12.1.